The summed E-state index contributed by atoms with van der Waals surface area (Å²) >= 11 is 0. The van der Waals surface area contributed by atoms with E-state index in [1.54, 1.807) is 9.80 Å². The Labute approximate surface area is 125 Å². The average molecular weight is 289 g/mol. The highest BCUT2D eigenvalue weighted by atomic mass is 16.2. The van der Waals surface area contributed by atoms with Crippen molar-refractivity contribution in [3.05, 3.63) is 29.8 Å². The van der Waals surface area contributed by atoms with Crippen LogP contribution in [0.2, 0.25) is 0 Å². The number of hydrogen-bond acceptors (Lipinski definition) is 3. The first-order chi connectivity index (χ1) is 10.1. The molecule has 1 aliphatic heterocycles. The fraction of sp³-hybridized carbons (Fsp3) is 0.500. The molecule has 0 saturated heterocycles. The molecule has 1 aromatic rings. The van der Waals surface area contributed by atoms with Gasteiger partial charge in [0.25, 0.3) is 0 Å². The molecule has 1 atom stereocenters. The lowest BCUT2D eigenvalue weighted by atomic mass is 10.1. The van der Waals surface area contributed by atoms with E-state index in [9.17, 15) is 9.59 Å². The molecule has 1 heterocycles. The molecule has 21 heavy (non-hydrogen) atoms. The Morgan fingerprint density at radius 3 is 2.67 bits per heavy atom. The van der Waals surface area contributed by atoms with Gasteiger partial charge in [-0.25, -0.2) is 0 Å². The van der Waals surface area contributed by atoms with Crippen molar-refractivity contribution in [1.82, 2.24) is 10.2 Å². The number of fused-ring (bicyclic) bond motifs is 1. The van der Waals surface area contributed by atoms with Crippen molar-refractivity contribution in [3.63, 3.8) is 0 Å². The number of anilines is 1. The van der Waals surface area contributed by atoms with Crippen molar-refractivity contribution in [3.8, 4) is 0 Å². The molecule has 0 bridgehead atoms. The first-order valence-electron chi connectivity index (χ1n) is 7.48. The smallest absolute Gasteiger partial charge is 0.244 e. The van der Waals surface area contributed by atoms with Crippen LogP contribution in [-0.2, 0) is 16.1 Å². The Bertz CT molecular complexity index is 526. The van der Waals surface area contributed by atoms with Crippen molar-refractivity contribution < 1.29 is 9.59 Å². The van der Waals surface area contributed by atoms with Crippen molar-refractivity contribution in [2.75, 3.05) is 24.5 Å². The van der Waals surface area contributed by atoms with Gasteiger partial charge in [-0.3, -0.25) is 9.59 Å². The Kier molecular flexibility index (Phi) is 4.96. The van der Waals surface area contributed by atoms with E-state index in [2.05, 4.69) is 5.32 Å². The number of benzene rings is 1. The van der Waals surface area contributed by atoms with Crippen LogP contribution in [0.15, 0.2) is 24.3 Å². The second-order valence-corrected chi connectivity index (χ2v) is 5.22. The molecule has 2 rings (SSSR count). The van der Waals surface area contributed by atoms with Crippen LogP contribution in [0.3, 0.4) is 0 Å². The molecule has 1 N–H and O–H groups in total. The number of hydrogen-bond donors (Lipinski definition) is 1. The standard InChI is InChI=1S/C16H23N3O2/c1-4-18(5-2)15(20)11-19-14-9-7-6-8-13(14)10-17-12(3)16(19)21/h6-9,12,17H,4-5,10-11H2,1-3H3. The molecule has 2 amide bonds. The molecule has 0 aliphatic carbocycles. The Morgan fingerprint density at radius 1 is 1.33 bits per heavy atom. The molecular formula is C16H23N3O2. The predicted octanol–water partition coefficient (Wildman–Crippen LogP) is 1.38. The molecule has 114 valence electrons. The van der Waals surface area contributed by atoms with Gasteiger partial charge in [0.2, 0.25) is 11.8 Å². The SMILES string of the molecule is CCN(CC)C(=O)CN1C(=O)C(C)NCc2ccccc21. The normalized spacial score (nSPS) is 18.1. The minimum atomic E-state index is -0.290. The topological polar surface area (TPSA) is 52.7 Å². The van der Waals surface area contributed by atoms with Gasteiger partial charge in [-0.15, -0.1) is 0 Å². The zero-order valence-corrected chi connectivity index (χ0v) is 12.9. The van der Waals surface area contributed by atoms with E-state index < -0.39 is 0 Å². The highest BCUT2D eigenvalue weighted by molar-refractivity contribution is 6.02. The minimum absolute atomic E-state index is 0.0164. The van der Waals surface area contributed by atoms with Gasteiger partial charge in [-0.1, -0.05) is 18.2 Å². The van der Waals surface area contributed by atoms with Crippen molar-refractivity contribution in [1.29, 1.82) is 0 Å². The van der Waals surface area contributed by atoms with E-state index in [4.69, 9.17) is 0 Å². The van der Waals surface area contributed by atoms with Crippen LogP contribution in [0.4, 0.5) is 5.69 Å². The zero-order chi connectivity index (χ0) is 15.4. The van der Waals surface area contributed by atoms with Crippen LogP contribution in [0.5, 0.6) is 0 Å². The lowest BCUT2D eigenvalue weighted by molar-refractivity contribution is -0.131. The monoisotopic (exact) mass is 289 g/mol. The fourth-order valence-electron chi connectivity index (χ4n) is 2.60. The summed E-state index contributed by atoms with van der Waals surface area (Å²) in [7, 11) is 0. The third kappa shape index (κ3) is 3.24. The molecule has 1 aromatic carbocycles. The molecule has 0 saturated carbocycles. The largest absolute Gasteiger partial charge is 0.342 e. The number of carbonyl (C=O) groups excluding carboxylic acids is 2. The van der Waals surface area contributed by atoms with Gasteiger partial charge < -0.3 is 15.1 Å². The molecule has 0 radical (unpaired) electrons. The quantitative estimate of drug-likeness (QED) is 0.911. The van der Waals surface area contributed by atoms with Gasteiger partial charge in [0.05, 0.1) is 6.04 Å². The maximum absolute atomic E-state index is 12.5. The maximum atomic E-state index is 12.5. The van der Waals surface area contributed by atoms with Crippen LogP contribution in [0, 0.1) is 0 Å². The lowest BCUT2D eigenvalue weighted by Gasteiger charge is -2.27. The van der Waals surface area contributed by atoms with Gasteiger partial charge in [0.15, 0.2) is 0 Å². The number of para-hydroxylation sites is 1. The van der Waals surface area contributed by atoms with E-state index in [1.165, 1.54) is 0 Å². The van der Waals surface area contributed by atoms with Gasteiger partial charge in [-0.05, 0) is 32.4 Å². The number of nitrogens with zero attached hydrogens (tertiary/aromatic N) is 2. The molecule has 0 fully saturated rings. The van der Waals surface area contributed by atoms with Crippen molar-refractivity contribution >= 4 is 17.5 Å². The summed E-state index contributed by atoms with van der Waals surface area (Å²) in [6, 6.07) is 7.45. The molecule has 0 aromatic heterocycles. The number of likely N-dealkylation sites (N-methyl/N-ethyl adjacent to an activating group) is 1. The average Bonchev–Trinajstić information content (AvgIpc) is 2.61. The number of rotatable bonds is 4. The third-order valence-corrected chi connectivity index (χ3v) is 3.93. The lowest BCUT2D eigenvalue weighted by Crippen LogP contribution is -2.47. The Hall–Kier alpha value is -1.88. The second kappa shape index (κ2) is 6.72. The summed E-state index contributed by atoms with van der Waals surface area (Å²) in [6.07, 6.45) is 0. The molecule has 1 aliphatic rings. The summed E-state index contributed by atoms with van der Waals surface area (Å²) < 4.78 is 0. The Morgan fingerprint density at radius 2 is 2.00 bits per heavy atom. The van der Waals surface area contributed by atoms with Gasteiger partial charge in [-0.2, -0.15) is 0 Å². The van der Waals surface area contributed by atoms with Crippen molar-refractivity contribution in [2.24, 2.45) is 0 Å². The van der Waals surface area contributed by atoms with Gasteiger partial charge >= 0.3 is 0 Å². The number of carbonyl (C=O) groups is 2. The fourth-order valence-corrected chi connectivity index (χ4v) is 2.60. The van der Waals surface area contributed by atoms with Crippen LogP contribution >= 0.6 is 0 Å². The molecular weight excluding hydrogens is 266 g/mol. The van der Waals surface area contributed by atoms with Crippen LogP contribution in [0.25, 0.3) is 0 Å². The van der Waals surface area contributed by atoms with Gasteiger partial charge in [0, 0.05) is 25.3 Å². The van der Waals surface area contributed by atoms with E-state index >= 15 is 0 Å². The van der Waals surface area contributed by atoms with Crippen LogP contribution in [0.1, 0.15) is 26.3 Å². The van der Waals surface area contributed by atoms with E-state index in [-0.39, 0.29) is 24.4 Å². The van der Waals surface area contributed by atoms with Gasteiger partial charge in [0.1, 0.15) is 6.54 Å². The summed E-state index contributed by atoms with van der Waals surface area (Å²) in [5.74, 6) is -0.0716. The van der Waals surface area contributed by atoms with Crippen LogP contribution < -0.4 is 10.2 Å². The highest BCUT2D eigenvalue weighted by Gasteiger charge is 2.29. The summed E-state index contributed by atoms with van der Waals surface area (Å²) in [5.41, 5.74) is 1.88. The molecule has 0 spiro atoms. The second-order valence-electron chi connectivity index (χ2n) is 5.22. The summed E-state index contributed by atoms with van der Waals surface area (Å²) in [5, 5.41) is 3.19. The highest BCUT2D eigenvalue weighted by Crippen LogP contribution is 2.24. The van der Waals surface area contributed by atoms with E-state index in [0.29, 0.717) is 19.6 Å². The number of nitrogens with one attached hydrogen (secondary N) is 1. The van der Waals surface area contributed by atoms with Crippen molar-refractivity contribution in [2.45, 2.75) is 33.4 Å². The summed E-state index contributed by atoms with van der Waals surface area (Å²) in [6.45, 7) is 7.79. The summed E-state index contributed by atoms with van der Waals surface area (Å²) in [4.78, 5) is 28.3. The third-order valence-electron chi connectivity index (χ3n) is 3.93. The number of amides is 2. The minimum Gasteiger partial charge on any atom is -0.342 e. The van der Waals surface area contributed by atoms with Crippen LogP contribution in [-0.4, -0.2) is 42.4 Å². The van der Waals surface area contributed by atoms with E-state index in [0.717, 1.165) is 11.3 Å². The first-order valence-corrected chi connectivity index (χ1v) is 7.48. The molecule has 1 unspecified atom stereocenters. The Balaban J connectivity index is 2.30. The molecule has 5 nitrogen and oxygen atoms in total. The maximum Gasteiger partial charge on any atom is 0.244 e. The predicted molar refractivity (Wildman–Crippen MR) is 83.0 cm³/mol. The van der Waals surface area contributed by atoms with E-state index in [1.807, 2.05) is 45.0 Å². The molecule has 5 heteroatoms. The first kappa shape index (κ1) is 15.5. The zero-order valence-electron chi connectivity index (χ0n) is 12.9.